The lowest BCUT2D eigenvalue weighted by Crippen LogP contribution is -2.38. The lowest BCUT2D eigenvalue weighted by Gasteiger charge is -2.22. The van der Waals surface area contributed by atoms with Crippen LogP contribution in [0.5, 0.6) is 0 Å². The maximum Gasteiger partial charge on any atom is 0.191 e. The number of rotatable bonds is 4. The molecular weight excluding hydrogens is 290 g/mol. The number of nitrogens with zero attached hydrogens (tertiary/aromatic N) is 4. The highest BCUT2D eigenvalue weighted by Gasteiger charge is 2.30. The Morgan fingerprint density at radius 1 is 1.35 bits per heavy atom. The molecule has 0 spiro atoms. The van der Waals surface area contributed by atoms with Gasteiger partial charge >= 0.3 is 0 Å². The molecule has 2 atom stereocenters. The van der Waals surface area contributed by atoms with E-state index in [2.05, 4.69) is 28.1 Å². The first kappa shape index (κ1) is 16.3. The molecule has 23 heavy (non-hydrogen) atoms. The lowest BCUT2D eigenvalue weighted by molar-refractivity contribution is 0.0924. The molecule has 1 aromatic heterocycles. The van der Waals surface area contributed by atoms with Crippen LogP contribution in [0.4, 0.5) is 0 Å². The molecule has 0 saturated carbocycles. The molecule has 0 unspecified atom stereocenters. The maximum atomic E-state index is 6.22. The van der Waals surface area contributed by atoms with Gasteiger partial charge in [0.25, 0.3) is 0 Å². The summed E-state index contributed by atoms with van der Waals surface area (Å²) < 4.78 is 7.88. The van der Waals surface area contributed by atoms with Crippen LogP contribution < -0.4 is 5.73 Å². The summed E-state index contributed by atoms with van der Waals surface area (Å²) in [6, 6.07) is 0. The monoisotopic (exact) mass is 319 g/mol. The van der Waals surface area contributed by atoms with E-state index >= 15 is 0 Å². The average Bonchev–Trinajstić information content (AvgIpc) is 3.14. The van der Waals surface area contributed by atoms with Gasteiger partial charge in [-0.25, -0.2) is 0 Å². The highest BCUT2D eigenvalue weighted by Crippen LogP contribution is 2.34. The van der Waals surface area contributed by atoms with Gasteiger partial charge in [-0.05, 0) is 26.2 Å². The van der Waals surface area contributed by atoms with Gasteiger partial charge < -0.3 is 15.4 Å². The van der Waals surface area contributed by atoms with E-state index in [1.165, 1.54) is 25.7 Å². The van der Waals surface area contributed by atoms with E-state index in [0.29, 0.717) is 11.9 Å². The Labute approximate surface area is 138 Å². The standard InChI is InChI=1S/C17H29N5O/c1-2-22-13-15(12-20-22)16-14(7-10-23-16)11-19-17(18)21-8-5-3-4-6-9-21/h12-14,16H,2-11H2,1H3,(H2,18,19)/t14-,16+/m0/s1. The van der Waals surface area contributed by atoms with Crippen molar-refractivity contribution in [3.63, 3.8) is 0 Å². The highest BCUT2D eigenvalue weighted by molar-refractivity contribution is 5.78. The van der Waals surface area contributed by atoms with Gasteiger partial charge in [0.05, 0.1) is 12.3 Å². The van der Waals surface area contributed by atoms with Crippen molar-refractivity contribution in [2.75, 3.05) is 26.2 Å². The number of guanidine groups is 1. The number of hydrogen-bond donors (Lipinski definition) is 1. The van der Waals surface area contributed by atoms with E-state index in [1.807, 2.05) is 10.9 Å². The summed E-state index contributed by atoms with van der Waals surface area (Å²) in [6.45, 7) is 6.61. The molecule has 1 aromatic rings. The molecule has 6 nitrogen and oxygen atoms in total. The Kier molecular flexibility index (Phi) is 5.54. The molecule has 0 amide bonds. The summed E-state index contributed by atoms with van der Waals surface area (Å²) in [7, 11) is 0. The molecule has 2 aliphatic rings. The fourth-order valence-corrected chi connectivity index (χ4v) is 3.50. The van der Waals surface area contributed by atoms with Crippen molar-refractivity contribution >= 4 is 5.96 Å². The number of ether oxygens (including phenoxy) is 1. The van der Waals surface area contributed by atoms with Crippen LogP contribution in [0.15, 0.2) is 17.4 Å². The topological polar surface area (TPSA) is 68.7 Å². The third kappa shape index (κ3) is 4.05. The Morgan fingerprint density at radius 2 is 2.13 bits per heavy atom. The van der Waals surface area contributed by atoms with E-state index < -0.39 is 0 Å². The van der Waals surface area contributed by atoms with E-state index in [4.69, 9.17) is 10.5 Å². The van der Waals surface area contributed by atoms with Gasteiger partial charge in [0.1, 0.15) is 0 Å². The molecule has 0 radical (unpaired) electrons. The van der Waals surface area contributed by atoms with E-state index in [1.54, 1.807) is 0 Å². The zero-order chi connectivity index (χ0) is 16.1. The summed E-state index contributed by atoms with van der Waals surface area (Å²) >= 11 is 0. The van der Waals surface area contributed by atoms with Crippen LogP contribution >= 0.6 is 0 Å². The van der Waals surface area contributed by atoms with E-state index in [9.17, 15) is 0 Å². The van der Waals surface area contributed by atoms with Gasteiger partial charge in [0, 0.05) is 50.5 Å². The molecule has 6 heteroatoms. The Hall–Kier alpha value is -1.56. The normalized spacial score (nSPS) is 26.5. The molecule has 2 aliphatic heterocycles. The van der Waals surface area contributed by atoms with Crippen molar-refractivity contribution < 1.29 is 4.74 Å². The van der Waals surface area contributed by atoms with Crippen molar-refractivity contribution in [1.29, 1.82) is 0 Å². The van der Waals surface area contributed by atoms with Crippen LogP contribution in [0, 0.1) is 5.92 Å². The van der Waals surface area contributed by atoms with Gasteiger partial charge in [-0.15, -0.1) is 0 Å². The molecular formula is C17H29N5O. The van der Waals surface area contributed by atoms with Crippen molar-refractivity contribution in [3.05, 3.63) is 18.0 Å². The predicted octanol–water partition coefficient (Wildman–Crippen LogP) is 2.17. The van der Waals surface area contributed by atoms with Crippen molar-refractivity contribution in [2.45, 2.75) is 51.7 Å². The molecule has 2 saturated heterocycles. The molecule has 0 aromatic carbocycles. The lowest BCUT2D eigenvalue weighted by atomic mass is 9.98. The number of likely N-dealkylation sites (tertiary alicyclic amines) is 1. The molecule has 128 valence electrons. The van der Waals surface area contributed by atoms with Gasteiger partial charge in [-0.1, -0.05) is 12.8 Å². The highest BCUT2D eigenvalue weighted by atomic mass is 16.5. The molecule has 2 fully saturated rings. The first-order valence-electron chi connectivity index (χ1n) is 8.96. The SMILES string of the molecule is CCn1cc([C@@H]2OCC[C@H]2CN=C(N)N2CCCCCC2)cn1. The van der Waals surface area contributed by atoms with Crippen molar-refractivity contribution in [1.82, 2.24) is 14.7 Å². The second kappa shape index (κ2) is 7.81. The minimum absolute atomic E-state index is 0.107. The molecule has 0 aliphatic carbocycles. The third-order valence-electron chi connectivity index (χ3n) is 4.94. The largest absolute Gasteiger partial charge is 0.373 e. The van der Waals surface area contributed by atoms with Crippen LogP contribution in [0.3, 0.4) is 0 Å². The minimum Gasteiger partial charge on any atom is -0.373 e. The minimum atomic E-state index is 0.107. The molecule has 3 heterocycles. The summed E-state index contributed by atoms with van der Waals surface area (Å²) in [6.07, 6.45) is 10.2. The second-order valence-corrected chi connectivity index (χ2v) is 6.57. The smallest absolute Gasteiger partial charge is 0.191 e. The zero-order valence-electron chi connectivity index (χ0n) is 14.2. The van der Waals surface area contributed by atoms with Crippen LogP contribution in [-0.2, 0) is 11.3 Å². The summed E-state index contributed by atoms with van der Waals surface area (Å²) in [4.78, 5) is 6.93. The van der Waals surface area contributed by atoms with E-state index in [-0.39, 0.29) is 6.10 Å². The van der Waals surface area contributed by atoms with Gasteiger partial charge in [0.15, 0.2) is 5.96 Å². The Morgan fingerprint density at radius 3 is 2.83 bits per heavy atom. The van der Waals surface area contributed by atoms with Gasteiger partial charge in [-0.3, -0.25) is 9.67 Å². The van der Waals surface area contributed by atoms with Gasteiger partial charge in [-0.2, -0.15) is 5.10 Å². The summed E-state index contributed by atoms with van der Waals surface area (Å²) in [5.41, 5.74) is 7.39. The second-order valence-electron chi connectivity index (χ2n) is 6.57. The van der Waals surface area contributed by atoms with Crippen molar-refractivity contribution in [2.24, 2.45) is 16.6 Å². The summed E-state index contributed by atoms with van der Waals surface area (Å²) in [5.74, 6) is 1.11. The number of hydrogen-bond acceptors (Lipinski definition) is 3. The average molecular weight is 319 g/mol. The van der Waals surface area contributed by atoms with Crippen LogP contribution in [0.1, 0.15) is 50.7 Å². The van der Waals surface area contributed by atoms with Crippen LogP contribution in [0.2, 0.25) is 0 Å². The first-order valence-corrected chi connectivity index (χ1v) is 8.96. The number of aliphatic imine (C=N–C) groups is 1. The van der Waals surface area contributed by atoms with E-state index in [0.717, 1.165) is 44.8 Å². The Balaban J connectivity index is 1.60. The molecule has 0 bridgehead atoms. The molecule has 2 N–H and O–H groups in total. The van der Waals surface area contributed by atoms with Crippen LogP contribution in [0.25, 0.3) is 0 Å². The molecule has 3 rings (SSSR count). The predicted molar refractivity (Wildman–Crippen MR) is 91.2 cm³/mol. The van der Waals surface area contributed by atoms with Gasteiger partial charge in [0.2, 0.25) is 0 Å². The Bertz CT molecular complexity index is 519. The third-order valence-corrected chi connectivity index (χ3v) is 4.94. The quantitative estimate of drug-likeness (QED) is 0.682. The number of aromatic nitrogens is 2. The first-order chi connectivity index (χ1) is 11.3. The summed E-state index contributed by atoms with van der Waals surface area (Å²) in [5, 5.41) is 4.36. The number of nitrogens with two attached hydrogens (primary N) is 1. The fraction of sp³-hybridized carbons (Fsp3) is 0.765. The maximum absolute atomic E-state index is 6.22. The van der Waals surface area contributed by atoms with Crippen molar-refractivity contribution in [3.8, 4) is 0 Å². The fourth-order valence-electron chi connectivity index (χ4n) is 3.50. The number of aryl methyl sites for hydroxylation is 1. The zero-order valence-corrected chi connectivity index (χ0v) is 14.2. The van der Waals surface area contributed by atoms with Crippen LogP contribution in [-0.4, -0.2) is 46.9 Å².